The van der Waals surface area contributed by atoms with Crippen LogP contribution in [0.25, 0.3) is 0 Å². The molecule has 3 saturated heterocycles. The third-order valence-electron chi connectivity index (χ3n) is 20.3. The first kappa shape index (κ1) is 97.4. The number of hydrogen-bond acceptors (Lipinski definition) is 18. The van der Waals surface area contributed by atoms with E-state index < -0.39 is 124 Å². The number of allylic oxidation sites excluding steroid dienone is 20. The zero-order valence-corrected chi connectivity index (χ0v) is 66.1. The van der Waals surface area contributed by atoms with Crippen LogP contribution in [0.4, 0.5) is 0 Å². The van der Waals surface area contributed by atoms with Crippen molar-refractivity contribution in [3.8, 4) is 0 Å². The predicted octanol–water partition coefficient (Wildman–Crippen LogP) is 15.1. The highest BCUT2D eigenvalue weighted by molar-refractivity contribution is 5.76. The minimum absolute atomic E-state index is 0.242. The van der Waals surface area contributed by atoms with Crippen molar-refractivity contribution >= 4 is 5.91 Å². The summed E-state index contributed by atoms with van der Waals surface area (Å²) in [5.74, 6) is -0.259. The van der Waals surface area contributed by atoms with Gasteiger partial charge < -0.3 is 89.9 Å². The predicted molar refractivity (Wildman–Crippen MR) is 429 cm³/mol. The summed E-state index contributed by atoms with van der Waals surface area (Å²) in [6, 6.07) is -0.906. The normalized spacial score (nSPS) is 26.2. The molecule has 17 unspecified atom stereocenters. The molecule has 0 spiro atoms. The standard InChI is InChI=1S/C88H151NO18/c1-3-5-7-9-11-13-15-17-19-21-23-25-27-29-30-31-32-33-34-35-36-37-38-39-40-42-44-46-48-50-52-54-56-58-60-62-64-66-76(94)89-71(72(93)65-63-61-59-57-55-53-51-49-47-45-43-41-28-26-24-22-20-18-16-14-12-10-8-6-4-2)70-102-86-82(100)79(97)84(74(68-91)104-86)107-88-83(101)80(98)85(75(69-92)105-88)106-87-81(99)78(96)77(95)73(67-90)103-87/h5,7,11,13,17,19,23,25,29-30,32-33,35-36,38-39,42,44,48,50,71-75,77-88,90-93,95-101H,3-4,6,8-10,12,14-16,18,20-22,24,26-28,31,34,37,40-41,43,45-47,49,51-70H2,1-2H3,(H,89,94)/b7-5-,13-11-,19-17-,25-23-,30-29-,33-32-,36-35-,39-38-,44-42-,50-48-. The number of aliphatic hydroxyl groups is 11. The van der Waals surface area contributed by atoms with Crippen LogP contribution in [-0.2, 0) is 33.2 Å². The average molecular weight is 1510 g/mol. The van der Waals surface area contributed by atoms with Crippen molar-refractivity contribution < 1.29 is 89.4 Å². The second-order valence-corrected chi connectivity index (χ2v) is 29.6. The zero-order chi connectivity index (χ0) is 77.4. The van der Waals surface area contributed by atoms with Crippen LogP contribution in [0.5, 0.6) is 0 Å². The summed E-state index contributed by atoms with van der Waals surface area (Å²) >= 11 is 0. The van der Waals surface area contributed by atoms with E-state index in [0.717, 1.165) is 128 Å². The van der Waals surface area contributed by atoms with E-state index in [0.29, 0.717) is 12.8 Å². The molecule has 3 heterocycles. The van der Waals surface area contributed by atoms with Crippen molar-refractivity contribution in [2.24, 2.45) is 0 Å². The molecule has 0 saturated carbocycles. The number of aliphatic hydroxyl groups excluding tert-OH is 11. The number of carbonyl (C=O) groups is 1. The Morgan fingerprint density at radius 1 is 0.346 bits per heavy atom. The third kappa shape index (κ3) is 46.1. The van der Waals surface area contributed by atoms with Crippen molar-refractivity contribution in [3.05, 3.63) is 122 Å². The Morgan fingerprint density at radius 3 is 1.01 bits per heavy atom. The van der Waals surface area contributed by atoms with Crippen LogP contribution in [-0.4, -0.2) is 193 Å². The van der Waals surface area contributed by atoms with Crippen LogP contribution in [0.1, 0.15) is 296 Å². The van der Waals surface area contributed by atoms with Crippen molar-refractivity contribution in [3.63, 3.8) is 0 Å². The van der Waals surface area contributed by atoms with Gasteiger partial charge in [-0.15, -0.1) is 0 Å². The number of unbranched alkanes of at least 4 members (excludes halogenated alkanes) is 30. The Balaban J connectivity index is 1.36. The maximum Gasteiger partial charge on any atom is 0.220 e. The van der Waals surface area contributed by atoms with Gasteiger partial charge in [0.1, 0.15) is 73.2 Å². The number of ether oxygens (including phenoxy) is 6. The summed E-state index contributed by atoms with van der Waals surface area (Å²) in [4.78, 5) is 13.5. The van der Waals surface area contributed by atoms with Crippen molar-refractivity contribution in [1.82, 2.24) is 5.32 Å². The van der Waals surface area contributed by atoms with Gasteiger partial charge in [-0.05, 0) is 89.9 Å². The van der Waals surface area contributed by atoms with E-state index in [4.69, 9.17) is 28.4 Å². The van der Waals surface area contributed by atoms with Gasteiger partial charge in [0.2, 0.25) is 5.91 Å². The Bertz CT molecular complexity index is 2410. The molecule has 0 aromatic heterocycles. The molecule has 17 atom stereocenters. The van der Waals surface area contributed by atoms with Crippen molar-refractivity contribution in [1.29, 1.82) is 0 Å². The minimum Gasteiger partial charge on any atom is -0.394 e. The summed E-state index contributed by atoms with van der Waals surface area (Å²) in [5, 5.41) is 121. The van der Waals surface area contributed by atoms with Crippen molar-refractivity contribution in [2.45, 2.75) is 401 Å². The van der Waals surface area contributed by atoms with Crippen LogP contribution in [0, 0.1) is 0 Å². The second kappa shape index (κ2) is 66.8. The van der Waals surface area contributed by atoms with Gasteiger partial charge in [-0.1, -0.05) is 322 Å². The minimum atomic E-state index is -1.98. The monoisotopic (exact) mass is 1510 g/mol. The van der Waals surface area contributed by atoms with Gasteiger partial charge in [0.25, 0.3) is 0 Å². The first-order valence-corrected chi connectivity index (χ1v) is 42.3. The fraction of sp³-hybridized carbons (Fsp3) is 0.761. The lowest BCUT2D eigenvalue weighted by atomic mass is 9.96. The molecule has 0 bridgehead atoms. The van der Waals surface area contributed by atoms with E-state index in [1.54, 1.807) is 0 Å². The van der Waals surface area contributed by atoms with Gasteiger partial charge in [-0.2, -0.15) is 0 Å². The number of rotatable bonds is 66. The van der Waals surface area contributed by atoms with E-state index >= 15 is 0 Å². The highest BCUT2D eigenvalue weighted by atomic mass is 16.8. The van der Waals surface area contributed by atoms with Crippen LogP contribution < -0.4 is 5.32 Å². The Kier molecular flexibility index (Phi) is 60.8. The van der Waals surface area contributed by atoms with Crippen LogP contribution in [0.15, 0.2) is 122 Å². The molecular weight excluding hydrogens is 1360 g/mol. The van der Waals surface area contributed by atoms with Crippen LogP contribution >= 0.6 is 0 Å². The lowest BCUT2D eigenvalue weighted by molar-refractivity contribution is -0.379. The van der Waals surface area contributed by atoms with Crippen molar-refractivity contribution in [2.75, 3.05) is 26.4 Å². The van der Waals surface area contributed by atoms with Gasteiger partial charge >= 0.3 is 0 Å². The molecule has 0 radical (unpaired) electrons. The van der Waals surface area contributed by atoms with E-state index in [-0.39, 0.29) is 18.9 Å². The van der Waals surface area contributed by atoms with E-state index in [1.165, 1.54) is 135 Å². The van der Waals surface area contributed by atoms with Crippen LogP contribution in [0.3, 0.4) is 0 Å². The molecule has 19 nitrogen and oxygen atoms in total. The molecule has 12 N–H and O–H groups in total. The molecule has 1 amide bonds. The van der Waals surface area contributed by atoms with Gasteiger partial charge in [-0.3, -0.25) is 4.79 Å². The molecular formula is C88H151NO18. The van der Waals surface area contributed by atoms with E-state index in [9.17, 15) is 61.0 Å². The van der Waals surface area contributed by atoms with Gasteiger partial charge in [-0.25, -0.2) is 0 Å². The average Bonchev–Trinajstić information content (AvgIpc) is 0.781. The summed E-state index contributed by atoms with van der Waals surface area (Å²) in [6.45, 7) is 1.70. The quantitative estimate of drug-likeness (QED) is 0.0199. The summed E-state index contributed by atoms with van der Waals surface area (Å²) < 4.78 is 34.5. The summed E-state index contributed by atoms with van der Waals surface area (Å²) in [7, 11) is 0. The fourth-order valence-corrected chi connectivity index (χ4v) is 13.6. The maximum absolute atomic E-state index is 13.5. The first-order valence-electron chi connectivity index (χ1n) is 42.3. The lowest BCUT2D eigenvalue weighted by Crippen LogP contribution is -2.66. The smallest absolute Gasteiger partial charge is 0.220 e. The number of carbonyl (C=O) groups excluding carboxylic acids is 1. The Hall–Kier alpha value is -3.81. The highest BCUT2D eigenvalue weighted by Crippen LogP contribution is 2.33. The zero-order valence-electron chi connectivity index (χ0n) is 66.1. The number of hydrogen-bond donors (Lipinski definition) is 12. The second-order valence-electron chi connectivity index (χ2n) is 29.6. The van der Waals surface area contributed by atoms with Gasteiger partial charge in [0, 0.05) is 6.42 Å². The highest BCUT2D eigenvalue weighted by Gasteiger charge is 2.54. The maximum atomic E-state index is 13.5. The number of amides is 1. The molecule has 0 aromatic carbocycles. The number of nitrogens with one attached hydrogen (secondary N) is 1. The molecule has 3 fully saturated rings. The molecule has 19 heteroatoms. The third-order valence-corrected chi connectivity index (χ3v) is 20.3. The molecule has 3 aliphatic heterocycles. The Morgan fingerprint density at radius 2 is 0.645 bits per heavy atom. The SMILES string of the molecule is CC/C=C\C/C=C\C/C=C\C/C=C\C/C=C\C/C=C\C/C=C\C/C=C\C/C=C\C/C=C\CCCCCCCCC(=O)NC(COC1OC(CO)C(OC2OC(CO)C(OC3OC(CO)C(O)C(O)C3O)C(O)C2O)C(O)C1O)C(O)CCCCCCCCCCCCCCCCCCCCCCCCCCC. The van der Waals surface area contributed by atoms with E-state index in [1.807, 2.05) is 0 Å². The van der Waals surface area contributed by atoms with Crippen LogP contribution in [0.2, 0.25) is 0 Å². The molecule has 616 valence electrons. The molecule has 3 rings (SSSR count). The fourth-order valence-electron chi connectivity index (χ4n) is 13.6. The lowest BCUT2D eigenvalue weighted by Gasteiger charge is -2.48. The topological polar surface area (TPSA) is 307 Å². The first-order chi connectivity index (χ1) is 52.3. The molecule has 0 aromatic rings. The molecule has 107 heavy (non-hydrogen) atoms. The van der Waals surface area contributed by atoms with E-state index in [2.05, 4.69) is 141 Å². The summed E-state index contributed by atoms with van der Waals surface area (Å²) in [5.41, 5.74) is 0. The molecule has 3 aliphatic rings. The van der Waals surface area contributed by atoms with Gasteiger partial charge in [0.15, 0.2) is 18.9 Å². The largest absolute Gasteiger partial charge is 0.394 e. The Labute approximate surface area is 646 Å². The summed E-state index contributed by atoms with van der Waals surface area (Å²) in [6.07, 6.45) is 67.0. The van der Waals surface area contributed by atoms with Gasteiger partial charge in [0.05, 0.1) is 38.6 Å². The molecule has 0 aliphatic carbocycles.